The van der Waals surface area contributed by atoms with Gasteiger partial charge >= 0.3 is 0 Å². The van der Waals surface area contributed by atoms with Gasteiger partial charge < -0.3 is 10.1 Å². The van der Waals surface area contributed by atoms with Crippen LogP contribution in [0.4, 0.5) is 8.78 Å². The number of rotatable bonds is 7. The average Bonchev–Trinajstić information content (AvgIpc) is 2.01. The third-order valence-corrected chi connectivity index (χ3v) is 1.96. The third kappa shape index (κ3) is 10.1. The van der Waals surface area contributed by atoms with Crippen molar-refractivity contribution in [1.29, 1.82) is 0 Å². The zero-order valence-electron chi connectivity index (χ0n) is 10.2. The standard InChI is InChI=1S/C11H23F2NO/c1-5-15-9-7-11(12,13)6-8-14-10(2,3)4/h14H,5-9H2,1-4H3. The minimum atomic E-state index is -2.62. The van der Waals surface area contributed by atoms with Crippen molar-refractivity contribution in [2.45, 2.75) is 52.0 Å². The first kappa shape index (κ1) is 14.8. The van der Waals surface area contributed by atoms with Crippen LogP contribution in [0.3, 0.4) is 0 Å². The minimum Gasteiger partial charge on any atom is -0.382 e. The lowest BCUT2D eigenvalue weighted by Gasteiger charge is -2.23. The van der Waals surface area contributed by atoms with Gasteiger partial charge in [-0.25, -0.2) is 8.78 Å². The molecule has 0 heterocycles. The van der Waals surface area contributed by atoms with E-state index in [1.165, 1.54) is 0 Å². The molecule has 0 spiro atoms. The predicted molar refractivity (Wildman–Crippen MR) is 58.4 cm³/mol. The summed E-state index contributed by atoms with van der Waals surface area (Å²) in [6.07, 6.45) is -0.315. The molecule has 4 heteroatoms. The van der Waals surface area contributed by atoms with Crippen molar-refractivity contribution in [3.63, 3.8) is 0 Å². The van der Waals surface area contributed by atoms with Crippen LogP contribution in [-0.2, 0) is 4.74 Å². The number of nitrogens with one attached hydrogen (secondary N) is 1. The maximum atomic E-state index is 13.2. The van der Waals surface area contributed by atoms with Gasteiger partial charge in [-0.2, -0.15) is 0 Å². The second-order valence-electron chi connectivity index (χ2n) is 4.73. The van der Waals surface area contributed by atoms with Crippen LogP contribution in [0.25, 0.3) is 0 Å². The first-order chi connectivity index (χ1) is 6.77. The molecule has 0 saturated carbocycles. The van der Waals surface area contributed by atoms with E-state index in [-0.39, 0.29) is 25.0 Å². The number of hydrogen-bond donors (Lipinski definition) is 1. The second-order valence-corrected chi connectivity index (χ2v) is 4.73. The molecular formula is C11H23F2NO. The van der Waals surface area contributed by atoms with Gasteiger partial charge in [-0.3, -0.25) is 0 Å². The molecule has 0 saturated heterocycles. The molecule has 0 aliphatic rings. The van der Waals surface area contributed by atoms with Crippen LogP contribution in [-0.4, -0.2) is 31.2 Å². The quantitative estimate of drug-likeness (QED) is 0.670. The van der Waals surface area contributed by atoms with Crippen LogP contribution < -0.4 is 5.32 Å². The summed E-state index contributed by atoms with van der Waals surface area (Å²) in [7, 11) is 0. The highest BCUT2D eigenvalue weighted by Gasteiger charge is 2.28. The molecule has 0 aromatic heterocycles. The van der Waals surface area contributed by atoms with Gasteiger partial charge in [-0.1, -0.05) is 0 Å². The van der Waals surface area contributed by atoms with Crippen molar-refractivity contribution in [3.8, 4) is 0 Å². The summed E-state index contributed by atoms with van der Waals surface area (Å²) >= 11 is 0. The fourth-order valence-corrected chi connectivity index (χ4v) is 1.11. The molecule has 0 aliphatic heterocycles. The number of alkyl halides is 2. The highest BCUT2D eigenvalue weighted by Crippen LogP contribution is 2.22. The monoisotopic (exact) mass is 223 g/mol. The molecule has 0 radical (unpaired) electrons. The summed E-state index contributed by atoms with van der Waals surface area (Å²) in [6, 6.07) is 0. The number of ether oxygens (including phenoxy) is 1. The molecule has 0 aromatic carbocycles. The zero-order valence-corrected chi connectivity index (χ0v) is 10.2. The Kier molecular flexibility index (Phi) is 6.29. The van der Waals surface area contributed by atoms with Crippen molar-refractivity contribution in [3.05, 3.63) is 0 Å². The fourth-order valence-electron chi connectivity index (χ4n) is 1.11. The third-order valence-electron chi connectivity index (χ3n) is 1.96. The molecule has 15 heavy (non-hydrogen) atoms. The summed E-state index contributed by atoms with van der Waals surface area (Å²) in [5, 5.41) is 3.05. The van der Waals surface area contributed by atoms with Crippen LogP contribution >= 0.6 is 0 Å². The molecule has 0 amide bonds. The lowest BCUT2D eigenvalue weighted by atomic mass is 10.1. The van der Waals surface area contributed by atoms with E-state index in [1.54, 1.807) is 6.92 Å². The summed E-state index contributed by atoms with van der Waals surface area (Å²) in [5.74, 6) is -2.62. The molecule has 1 N–H and O–H groups in total. The van der Waals surface area contributed by atoms with Crippen LogP contribution in [0.1, 0.15) is 40.5 Å². The molecule has 0 aromatic rings. The summed E-state index contributed by atoms with van der Waals surface area (Å²) in [6.45, 7) is 8.67. The lowest BCUT2D eigenvalue weighted by Crippen LogP contribution is -2.38. The van der Waals surface area contributed by atoms with Crippen molar-refractivity contribution in [2.75, 3.05) is 19.8 Å². The van der Waals surface area contributed by atoms with E-state index in [2.05, 4.69) is 5.32 Å². The molecule has 0 bridgehead atoms. The Bertz CT molecular complexity index is 166. The Labute approximate surface area is 91.4 Å². The van der Waals surface area contributed by atoms with Gasteiger partial charge in [0.05, 0.1) is 6.61 Å². The summed E-state index contributed by atoms with van der Waals surface area (Å²) < 4.78 is 31.3. The fraction of sp³-hybridized carbons (Fsp3) is 1.00. The van der Waals surface area contributed by atoms with Crippen LogP contribution in [0.5, 0.6) is 0 Å². The van der Waals surface area contributed by atoms with Gasteiger partial charge in [0.25, 0.3) is 5.92 Å². The molecular weight excluding hydrogens is 200 g/mol. The SMILES string of the molecule is CCOCCC(F)(F)CCNC(C)(C)C. The second kappa shape index (κ2) is 6.38. The van der Waals surface area contributed by atoms with Gasteiger partial charge in [-0.15, -0.1) is 0 Å². The largest absolute Gasteiger partial charge is 0.382 e. The van der Waals surface area contributed by atoms with E-state index in [1.807, 2.05) is 20.8 Å². The summed E-state index contributed by atoms with van der Waals surface area (Å²) in [5.41, 5.74) is -0.101. The van der Waals surface area contributed by atoms with Gasteiger partial charge in [0.2, 0.25) is 0 Å². The molecule has 0 rings (SSSR count). The van der Waals surface area contributed by atoms with E-state index in [4.69, 9.17) is 4.74 Å². The van der Waals surface area contributed by atoms with Gasteiger partial charge in [0.15, 0.2) is 0 Å². The molecule has 0 atom stereocenters. The van der Waals surface area contributed by atoms with Crippen LogP contribution in [0.15, 0.2) is 0 Å². The number of hydrogen-bond acceptors (Lipinski definition) is 2. The topological polar surface area (TPSA) is 21.3 Å². The first-order valence-corrected chi connectivity index (χ1v) is 5.47. The maximum Gasteiger partial charge on any atom is 0.251 e. The zero-order chi connectivity index (χ0) is 11.9. The van der Waals surface area contributed by atoms with Crippen LogP contribution in [0, 0.1) is 0 Å². The lowest BCUT2D eigenvalue weighted by molar-refractivity contribution is -0.0387. The Morgan fingerprint density at radius 1 is 1.13 bits per heavy atom. The van der Waals surface area contributed by atoms with E-state index >= 15 is 0 Å². The molecule has 92 valence electrons. The number of halogens is 2. The average molecular weight is 223 g/mol. The van der Waals surface area contributed by atoms with Crippen molar-refractivity contribution in [2.24, 2.45) is 0 Å². The van der Waals surface area contributed by atoms with E-state index in [9.17, 15) is 8.78 Å². The van der Waals surface area contributed by atoms with E-state index in [0.29, 0.717) is 13.2 Å². The van der Waals surface area contributed by atoms with Gasteiger partial charge in [0.1, 0.15) is 0 Å². The van der Waals surface area contributed by atoms with E-state index < -0.39 is 5.92 Å². The molecule has 0 fully saturated rings. The first-order valence-electron chi connectivity index (χ1n) is 5.47. The minimum absolute atomic E-state index is 0.101. The molecule has 0 aliphatic carbocycles. The highest BCUT2D eigenvalue weighted by molar-refractivity contribution is 4.74. The van der Waals surface area contributed by atoms with Crippen molar-refractivity contribution in [1.82, 2.24) is 5.32 Å². The Morgan fingerprint density at radius 3 is 2.20 bits per heavy atom. The van der Waals surface area contributed by atoms with Crippen molar-refractivity contribution >= 4 is 0 Å². The Morgan fingerprint density at radius 2 is 1.73 bits per heavy atom. The van der Waals surface area contributed by atoms with E-state index in [0.717, 1.165) is 0 Å². The molecule has 0 unspecified atom stereocenters. The van der Waals surface area contributed by atoms with Gasteiger partial charge in [0, 0.05) is 31.5 Å². The Balaban J connectivity index is 3.64. The smallest absolute Gasteiger partial charge is 0.251 e. The normalized spacial score (nSPS) is 13.2. The van der Waals surface area contributed by atoms with Crippen molar-refractivity contribution < 1.29 is 13.5 Å². The molecule has 2 nitrogen and oxygen atoms in total. The van der Waals surface area contributed by atoms with Crippen LogP contribution in [0.2, 0.25) is 0 Å². The summed E-state index contributed by atoms with van der Waals surface area (Å²) in [4.78, 5) is 0. The van der Waals surface area contributed by atoms with Gasteiger partial charge in [-0.05, 0) is 27.7 Å². The predicted octanol–water partition coefficient (Wildman–Crippen LogP) is 2.83. The highest BCUT2D eigenvalue weighted by atomic mass is 19.3. The maximum absolute atomic E-state index is 13.2. The Hall–Kier alpha value is -0.220.